The third-order valence-electron chi connectivity index (χ3n) is 3.09. The Labute approximate surface area is 100 Å². The van der Waals surface area contributed by atoms with Gasteiger partial charge in [0.15, 0.2) is 11.5 Å². The van der Waals surface area contributed by atoms with Crippen LogP contribution in [0.3, 0.4) is 0 Å². The van der Waals surface area contributed by atoms with Gasteiger partial charge in [-0.25, -0.2) is 0 Å². The van der Waals surface area contributed by atoms with Crippen molar-refractivity contribution in [1.82, 2.24) is 0 Å². The van der Waals surface area contributed by atoms with Crippen LogP contribution in [0.25, 0.3) is 0 Å². The number of carboxylic acids is 1. The Kier molecular flexibility index (Phi) is 3.22. The zero-order chi connectivity index (χ0) is 12.4. The minimum absolute atomic E-state index is 0.381. The molecule has 0 radical (unpaired) electrons. The first kappa shape index (κ1) is 11.8. The summed E-state index contributed by atoms with van der Waals surface area (Å²) in [5.41, 5.74) is 2.14. The fourth-order valence-electron chi connectivity index (χ4n) is 2.10. The second-order valence-corrected chi connectivity index (χ2v) is 4.28. The van der Waals surface area contributed by atoms with E-state index in [4.69, 9.17) is 14.6 Å². The Morgan fingerprint density at radius 1 is 1.59 bits per heavy atom. The first-order valence-electron chi connectivity index (χ1n) is 5.67. The summed E-state index contributed by atoms with van der Waals surface area (Å²) in [5.74, 6) is 0.355. The lowest BCUT2D eigenvalue weighted by molar-refractivity contribution is -0.141. The molecule has 2 rings (SSSR count). The lowest BCUT2D eigenvalue weighted by atomic mass is 9.95. The molecule has 4 heteroatoms. The van der Waals surface area contributed by atoms with Crippen LogP contribution in [0.4, 0.5) is 0 Å². The first-order valence-corrected chi connectivity index (χ1v) is 5.67. The second-order valence-electron chi connectivity index (χ2n) is 4.28. The molecular weight excluding hydrogens is 220 g/mol. The Bertz CT molecular complexity index is 439. The molecule has 1 unspecified atom stereocenters. The highest BCUT2D eigenvalue weighted by molar-refractivity contribution is 5.70. The molecule has 1 heterocycles. The van der Waals surface area contributed by atoms with Crippen molar-refractivity contribution in [1.29, 1.82) is 0 Å². The number of aliphatic carboxylic acids is 1. The quantitative estimate of drug-likeness (QED) is 0.867. The fourth-order valence-corrected chi connectivity index (χ4v) is 2.10. The Balaban J connectivity index is 2.30. The van der Waals surface area contributed by atoms with Crippen molar-refractivity contribution in [3.8, 4) is 11.5 Å². The topological polar surface area (TPSA) is 55.8 Å². The number of fused-ring (bicyclic) bond motifs is 1. The maximum absolute atomic E-state index is 10.9. The Morgan fingerprint density at radius 2 is 2.35 bits per heavy atom. The van der Waals surface area contributed by atoms with Crippen LogP contribution < -0.4 is 9.47 Å². The standard InChI is InChI=1S/C13H16O4/c1-8(13(14)15)7-9-3-4-11(16-2)12-10(9)5-6-17-12/h3-4,8H,5-7H2,1-2H3,(H,14,15). The third kappa shape index (κ3) is 2.20. The van der Waals surface area contributed by atoms with Crippen molar-refractivity contribution in [3.63, 3.8) is 0 Å². The number of hydrogen-bond donors (Lipinski definition) is 1. The molecule has 0 fully saturated rings. The van der Waals surface area contributed by atoms with Crippen LogP contribution in [0.1, 0.15) is 18.1 Å². The number of carboxylic acid groups (broad SMARTS) is 1. The second kappa shape index (κ2) is 4.65. The van der Waals surface area contributed by atoms with Gasteiger partial charge in [-0.2, -0.15) is 0 Å². The number of ether oxygens (including phenoxy) is 2. The zero-order valence-corrected chi connectivity index (χ0v) is 10.0. The summed E-state index contributed by atoms with van der Waals surface area (Å²) >= 11 is 0. The number of carbonyl (C=O) groups is 1. The highest BCUT2D eigenvalue weighted by Gasteiger charge is 2.23. The lowest BCUT2D eigenvalue weighted by Crippen LogP contribution is -2.13. The van der Waals surface area contributed by atoms with Gasteiger partial charge in [0.25, 0.3) is 0 Å². The molecule has 0 amide bonds. The van der Waals surface area contributed by atoms with Crippen molar-refractivity contribution >= 4 is 5.97 Å². The SMILES string of the molecule is COc1ccc(CC(C)C(=O)O)c2c1OCC2. The van der Waals surface area contributed by atoms with Crippen LogP contribution >= 0.6 is 0 Å². The molecule has 1 aliphatic heterocycles. The molecule has 1 aliphatic rings. The smallest absolute Gasteiger partial charge is 0.306 e. The van der Waals surface area contributed by atoms with E-state index in [0.29, 0.717) is 13.0 Å². The molecule has 0 bridgehead atoms. The van der Waals surface area contributed by atoms with Crippen molar-refractivity contribution in [2.24, 2.45) is 5.92 Å². The zero-order valence-electron chi connectivity index (χ0n) is 10.0. The van der Waals surface area contributed by atoms with Gasteiger partial charge in [0.1, 0.15) is 0 Å². The van der Waals surface area contributed by atoms with E-state index in [0.717, 1.165) is 29.0 Å². The lowest BCUT2D eigenvalue weighted by Gasteiger charge is -2.12. The predicted octanol–water partition coefficient (Wildman–Crippen LogP) is 1.89. The molecule has 1 aromatic carbocycles. The van der Waals surface area contributed by atoms with E-state index < -0.39 is 5.97 Å². The molecule has 92 valence electrons. The summed E-state index contributed by atoms with van der Waals surface area (Å²) in [6.07, 6.45) is 1.36. The van der Waals surface area contributed by atoms with Crippen LogP contribution in [0.2, 0.25) is 0 Å². The fraction of sp³-hybridized carbons (Fsp3) is 0.462. The van der Waals surface area contributed by atoms with E-state index in [2.05, 4.69) is 0 Å². The summed E-state index contributed by atoms with van der Waals surface area (Å²) in [6, 6.07) is 3.78. The number of rotatable bonds is 4. The molecule has 0 saturated carbocycles. The van der Waals surface area contributed by atoms with E-state index in [1.807, 2.05) is 12.1 Å². The third-order valence-corrected chi connectivity index (χ3v) is 3.09. The maximum atomic E-state index is 10.9. The molecule has 4 nitrogen and oxygen atoms in total. The first-order chi connectivity index (χ1) is 8.13. The maximum Gasteiger partial charge on any atom is 0.306 e. The van der Waals surface area contributed by atoms with Crippen LogP contribution in [-0.2, 0) is 17.6 Å². The van der Waals surface area contributed by atoms with Crippen molar-refractivity contribution in [2.45, 2.75) is 19.8 Å². The number of hydrogen-bond acceptors (Lipinski definition) is 3. The average Bonchev–Trinajstić information content (AvgIpc) is 2.78. The van der Waals surface area contributed by atoms with Gasteiger partial charge in [-0.05, 0) is 18.1 Å². The minimum Gasteiger partial charge on any atom is -0.493 e. The summed E-state index contributed by atoms with van der Waals surface area (Å²) in [7, 11) is 1.61. The largest absolute Gasteiger partial charge is 0.493 e. The number of methoxy groups -OCH3 is 1. The van der Waals surface area contributed by atoms with E-state index in [-0.39, 0.29) is 5.92 Å². The molecule has 0 aliphatic carbocycles. The van der Waals surface area contributed by atoms with Gasteiger partial charge >= 0.3 is 5.97 Å². The van der Waals surface area contributed by atoms with Crippen LogP contribution in [-0.4, -0.2) is 24.8 Å². The average molecular weight is 236 g/mol. The van der Waals surface area contributed by atoms with E-state index in [1.54, 1.807) is 14.0 Å². The molecule has 17 heavy (non-hydrogen) atoms. The molecule has 0 saturated heterocycles. The summed E-state index contributed by atoms with van der Waals surface area (Å²) in [6.45, 7) is 2.36. The van der Waals surface area contributed by atoms with Crippen molar-refractivity contribution in [2.75, 3.05) is 13.7 Å². The molecule has 0 aromatic heterocycles. The van der Waals surface area contributed by atoms with Crippen LogP contribution in [0, 0.1) is 5.92 Å². The minimum atomic E-state index is -0.770. The van der Waals surface area contributed by atoms with Gasteiger partial charge in [0, 0.05) is 12.0 Å². The van der Waals surface area contributed by atoms with Crippen molar-refractivity contribution < 1.29 is 19.4 Å². The molecule has 1 N–H and O–H groups in total. The van der Waals surface area contributed by atoms with E-state index in [1.165, 1.54) is 0 Å². The summed E-state index contributed by atoms with van der Waals surface area (Å²) in [4.78, 5) is 10.9. The molecule has 1 atom stereocenters. The van der Waals surface area contributed by atoms with Gasteiger partial charge in [0.05, 0.1) is 19.6 Å². The normalized spacial score (nSPS) is 14.9. The van der Waals surface area contributed by atoms with Gasteiger partial charge in [-0.3, -0.25) is 4.79 Å². The van der Waals surface area contributed by atoms with E-state index >= 15 is 0 Å². The van der Waals surface area contributed by atoms with Gasteiger partial charge in [-0.15, -0.1) is 0 Å². The van der Waals surface area contributed by atoms with Gasteiger partial charge in [0.2, 0.25) is 0 Å². The number of benzene rings is 1. The molecule has 1 aromatic rings. The molecular formula is C13H16O4. The van der Waals surface area contributed by atoms with Gasteiger partial charge in [-0.1, -0.05) is 13.0 Å². The van der Waals surface area contributed by atoms with Gasteiger partial charge < -0.3 is 14.6 Å². The monoisotopic (exact) mass is 236 g/mol. The van der Waals surface area contributed by atoms with Crippen LogP contribution in [0.5, 0.6) is 11.5 Å². The highest BCUT2D eigenvalue weighted by atomic mass is 16.5. The summed E-state index contributed by atoms with van der Waals surface area (Å²) < 4.78 is 10.8. The van der Waals surface area contributed by atoms with E-state index in [9.17, 15) is 4.79 Å². The van der Waals surface area contributed by atoms with Crippen LogP contribution in [0.15, 0.2) is 12.1 Å². The van der Waals surface area contributed by atoms with Crippen molar-refractivity contribution in [3.05, 3.63) is 23.3 Å². The summed E-state index contributed by atoms with van der Waals surface area (Å²) in [5, 5.41) is 8.94. The Hall–Kier alpha value is -1.71. The highest BCUT2D eigenvalue weighted by Crippen LogP contribution is 2.38. The predicted molar refractivity (Wildman–Crippen MR) is 62.7 cm³/mol. The molecule has 0 spiro atoms. The Morgan fingerprint density at radius 3 is 3.00 bits per heavy atom.